The van der Waals surface area contributed by atoms with E-state index < -0.39 is 10.8 Å². The van der Waals surface area contributed by atoms with Crippen molar-refractivity contribution in [3.05, 3.63) is 73.8 Å². The molecule has 2 aromatic carbocycles. The van der Waals surface area contributed by atoms with E-state index in [-0.39, 0.29) is 5.69 Å². The number of non-ortho nitro benzene ring substituents is 1. The van der Waals surface area contributed by atoms with Crippen molar-refractivity contribution in [1.82, 2.24) is 5.32 Å². The molecule has 0 aromatic heterocycles. The molecular formula is C16H14Cl2N2O3. The molecule has 0 radical (unpaired) electrons. The molecule has 5 nitrogen and oxygen atoms in total. The predicted molar refractivity (Wildman–Crippen MR) is 90.1 cm³/mol. The summed E-state index contributed by atoms with van der Waals surface area (Å²) in [5, 5.41) is 15.0. The van der Waals surface area contributed by atoms with Crippen LogP contribution in [0.15, 0.2) is 42.5 Å². The summed E-state index contributed by atoms with van der Waals surface area (Å²) in [6, 6.07) is 11.3. The molecule has 0 bridgehead atoms. The first-order valence-corrected chi connectivity index (χ1v) is 7.61. The summed E-state index contributed by atoms with van der Waals surface area (Å²) in [6.07, 6.45) is 0.773. The van der Waals surface area contributed by atoms with E-state index in [1.54, 1.807) is 30.3 Å². The summed E-state index contributed by atoms with van der Waals surface area (Å²) in [6.45, 7) is 0.818. The lowest BCUT2D eigenvalue weighted by atomic mass is 10.00. The summed E-state index contributed by atoms with van der Waals surface area (Å²) in [5.74, 6) is -0.471. The highest BCUT2D eigenvalue weighted by atomic mass is 35.5. The van der Waals surface area contributed by atoms with Crippen molar-refractivity contribution in [3.8, 4) is 0 Å². The second-order valence-electron chi connectivity index (χ2n) is 4.96. The third-order valence-corrected chi connectivity index (χ3v) is 3.96. The van der Waals surface area contributed by atoms with Gasteiger partial charge in [0.25, 0.3) is 5.69 Å². The first-order chi connectivity index (χ1) is 11.0. The molecule has 1 atom stereocenters. The van der Waals surface area contributed by atoms with Crippen molar-refractivity contribution in [2.75, 3.05) is 6.54 Å². The topological polar surface area (TPSA) is 72.2 Å². The maximum atomic E-state index is 11.3. The SMILES string of the molecule is O=CC(CNCc1ccc(Cl)cc1Cl)c1cccc([N+](=O)[O-])c1. The summed E-state index contributed by atoms with van der Waals surface area (Å²) < 4.78 is 0. The van der Waals surface area contributed by atoms with E-state index >= 15 is 0 Å². The van der Waals surface area contributed by atoms with Crippen LogP contribution in [0, 0.1) is 10.1 Å². The monoisotopic (exact) mass is 352 g/mol. The molecule has 120 valence electrons. The number of carbonyl (C=O) groups is 1. The Labute approximate surface area is 143 Å². The van der Waals surface area contributed by atoms with Gasteiger partial charge in [-0.3, -0.25) is 10.1 Å². The van der Waals surface area contributed by atoms with E-state index in [2.05, 4.69) is 5.32 Å². The Kier molecular flexibility index (Phi) is 6.10. The number of nitro groups is 1. The first-order valence-electron chi connectivity index (χ1n) is 6.85. The lowest BCUT2D eigenvalue weighted by Gasteiger charge is -2.12. The number of halogens is 2. The van der Waals surface area contributed by atoms with Crippen LogP contribution in [0.4, 0.5) is 5.69 Å². The molecule has 0 aliphatic carbocycles. The third kappa shape index (κ3) is 4.76. The van der Waals surface area contributed by atoms with Crippen LogP contribution in [-0.2, 0) is 11.3 Å². The van der Waals surface area contributed by atoms with Crippen LogP contribution in [0.3, 0.4) is 0 Å². The number of hydrogen-bond donors (Lipinski definition) is 1. The number of aldehydes is 1. The molecule has 0 heterocycles. The molecule has 0 saturated carbocycles. The maximum Gasteiger partial charge on any atom is 0.269 e. The van der Waals surface area contributed by atoms with E-state index in [9.17, 15) is 14.9 Å². The zero-order valence-corrected chi connectivity index (χ0v) is 13.6. The van der Waals surface area contributed by atoms with Gasteiger partial charge in [-0.25, -0.2) is 0 Å². The quantitative estimate of drug-likeness (QED) is 0.464. The Hall–Kier alpha value is -1.95. The first kappa shape index (κ1) is 17.4. The van der Waals surface area contributed by atoms with Crippen LogP contribution < -0.4 is 5.32 Å². The van der Waals surface area contributed by atoms with Gasteiger partial charge in [0.2, 0.25) is 0 Å². The number of carbonyl (C=O) groups excluding carboxylic acids is 1. The van der Waals surface area contributed by atoms with E-state index in [4.69, 9.17) is 23.2 Å². The second-order valence-corrected chi connectivity index (χ2v) is 5.80. The Morgan fingerprint density at radius 2 is 2.00 bits per heavy atom. The number of rotatable bonds is 7. The van der Waals surface area contributed by atoms with Crippen LogP contribution >= 0.6 is 23.2 Å². The van der Waals surface area contributed by atoms with Crippen LogP contribution in [-0.4, -0.2) is 17.8 Å². The van der Waals surface area contributed by atoms with Gasteiger partial charge in [0, 0.05) is 35.3 Å². The van der Waals surface area contributed by atoms with Crippen molar-refractivity contribution in [1.29, 1.82) is 0 Å². The van der Waals surface area contributed by atoms with Crippen LogP contribution in [0.2, 0.25) is 10.0 Å². The fourth-order valence-electron chi connectivity index (χ4n) is 2.14. The van der Waals surface area contributed by atoms with E-state index in [1.807, 2.05) is 0 Å². The zero-order chi connectivity index (χ0) is 16.8. The van der Waals surface area contributed by atoms with E-state index in [1.165, 1.54) is 12.1 Å². The van der Waals surface area contributed by atoms with Crippen LogP contribution in [0.1, 0.15) is 17.0 Å². The highest BCUT2D eigenvalue weighted by Crippen LogP contribution is 2.22. The van der Waals surface area contributed by atoms with Crippen molar-refractivity contribution < 1.29 is 9.72 Å². The van der Waals surface area contributed by atoms with Gasteiger partial charge in [-0.05, 0) is 23.3 Å². The number of nitro benzene ring substituents is 1. The second kappa shape index (κ2) is 8.06. The molecule has 1 N–H and O–H groups in total. The predicted octanol–water partition coefficient (Wildman–Crippen LogP) is 3.97. The van der Waals surface area contributed by atoms with E-state index in [0.717, 1.165) is 11.8 Å². The van der Waals surface area contributed by atoms with Gasteiger partial charge in [-0.1, -0.05) is 41.4 Å². The molecule has 0 saturated heterocycles. The molecule has 0 fully saturated rings. The number of benzene rings is 2. The largest absolute Gasteiger partial charge is 0.312 e. The molecule has 0 aliphatic heterocycles. The molecule has 0 aliphatic rings. The van der Waals surface area contributed by atoms with Gasteiger partial charge in [-0.15, -0.1) is 0 Å². The van der Waals surface area contributed by atoms with Crippen molar-refractivity contribution in [3.63, 3.8) is 0 Å². The molecular weight excluding hydrogens is 339 g/mol. The Morgan fingerprint density at radius 3 is 2.65 bits per heavy atom. The Morgan fingerprint density at radius 1 is 1.22 bits per heavy atom. The molecule has 0 spiro atoms. The van der Waals surface area contributed by atoms with Gasteiger partial charge < -0.3 is 10.1 Å². The van der Waals surface area contributed by atoms with Gasteiger partial charge in [0.15, 0.2) is 0 Å². The highest BCUT2D eigenvalue weighted by Gasteiger charge is 2.14. The van der Waals surface area contributed by atoms with Gasteiger partial charge in [0.05, 0.1) is 10.8 Å². The molecule has 7 heteroatoms. The maximum absolute atomic E-state index is 11.3. The normalized spacial score (nSPS) is 11.9. The minimum Gasteiger partial charge on any atom is -0.312 e. The summed E-state index contributed by atoms with van der Waals surface area (Å²) in [4.78, 5) is 21.6. The van der Waals surface area contributed by atoms with E-state index in [0.29, 0.717) is 28.7 Å². The Balaban J connectivity index is 2.01. The Bertz CT molecular complexity index is 722. The molecule has 2 rings (SSSR count). The third-order valence-electron chi connectivity index (χ3n) is 3.37. The van der Waals surface area contributed by atoms with Crippen LogP contribution in [0.25, 0.3) is 0 Å². The number of nitrogens with one attached hydrogen (secondary N) is 1. The van der Waals surface area contributed by atoms with Crippen LogP contribution in [0.5, 0.6) is 0 Å². The number of nitrogens with zero attached hydrogens (tertiary/aromatic N) is 1. The number of hydrogen-bond acceptors (Lipinski definition) is 4. The minimum absolute atomic E-state index is 0.0323. The standard InChI is InChI=1S/C16H14Cl2N2O3/c17-14-5-4-12(16(18)7-14)8-19-9-13(10-21)11-2-1-3-15(6-11)20(22)23/h1-7,10,13,19H,8-9H2. The smallest absolute Gasteiger partial charge is 0.269 e. The lowest BCUT2D eigenvalue weighted by Crippen LogP contribution is -2.22. The lowest BCUT2D eigenvalue weighted by molar-refractivity contribution is -0.384. The summed E-state index contributed by atoms with van der Waals surface area (Å²) >= 11 is 11.9. The molecule has 2 aromatic rings. The fraction of sp³-hybridized carbons (Fsp3) is 0.188. The van der Waals surface area contributed by atoms with Gasteiger partial charge in [0.1, 0.15) is 6.29 Å². The van der Waals surface area contributed by atoms with Crippen molar-refractivity contribution in [2.45, 2.75) is 12.5 Å². The average Bonchev–Trinajstić information content (AvgIpc) is 2.53. The van der Waals surface area contributed by atoms with Gasteiger partial charge >= 0.3 is 0 Å². The summed E-state index contributed by atoms with van der Waals surface area (Å²) in [7, 11) is 0. The molecule has 0 amide bonds. The minimum atomic E-state index is -0.480. The zero-order valence-electron chi connectivity index (χ0n) is 12.0. The van der Waals surface area contributed by atoms with Gasteiger partial charge in [-0.2, -0.15) is 0 Å². The molecule has 1 unspecified atom stereocenters. The molecule has 23 heavy (non-hydrogen) atoms. The fourth-order valence-corrected chi connectivity index (χ4v) is 2.62. The van der Waals surface area contributed by atoms with Crippen molar-refractivity contribution >= 4 is 35.2 Å². The highest BCUT2D eigenvalue weighted by molar-refractivity contribution is 6.35. The summed E-state index contributed by atoms with van der Waals surface area (Å²) in [5.41, 5.74) is 1.43. The average molecular weight is 353 g/mol. The van der Waals surface area contributed by atoms with Crippen molar-refractivity contribution in [2.24, 2.45) is 0 Å².